The van der Waals surface area contributed by atoms with Gasteiger partial charge in [0, 0.05) is 24.6 Å². The van der Waals surface area contributed by atoms with Gasteiger partial charge in [-0.2, -0.15) is 0 Å². The number of benzene rings is 1. The number of hydrogen-bond donors (Lipinski definition) is 0. The van der Waals surface area contributed by atoms with Crippen molar-refractivity contribution in [2.75, 3.05) is 12.0 Å². The summed E-state index contributed by atoms with van der Waals surface area (Å²) in [7, 11) is 1.50. The lowest BCUT2D eigenvalue weighted by atomic mass is 10.3. The Hall–Kier alpha value is -3.26. The summed E-state index contributed by atoms with van der Waals surface area (Å²) >= 11 is 1.31. The van der Waals surface area contributed by atoms with Crippen molar-refractivity contribution in [3.63, 3.8) is 0 Å². The number of hydrogen-bond acceptors (Lipinski definition) is 7. The molecule has 7 nitrogen and oxygen atoms in total. The molecule has 0 aliphatic heterocycles. The van der Waals surface area contributed by atoms with Crippen molar-refractivity contribution in [1.82, 2.24) is 9.97 Å². The number of thiazole rings is 1. The fourth-order valence-corrected chi connectivity index (χ4v) is 3.19. The van der Waals surface area contributed by atoms with E-state index in [0.717, 1.165) is 5.69 Å². The van der Waals surface area contributed by atoms with Crippen molar-refractivity contribution in [3.05, 3.63) is 65.3 Å². The molecule has 3 rings (SSSR count). The number of rotatable bonds is 6. The average Bonchev–Trinajstić information content (AvgIpc) is 3.15. The maximum atomic E-state index is 12.1. The molecule has 0 aliphatic rings. The van der Waals surface area contributed by atoms with E-state index in [1.807, 2.05) is 30.3 Å². The molecule has 1 aromatic carbocycles. The summed E-state index contributed by atoms with van der Waals surface area (Å²) in [5, 5.41) is 2.28. The van der Waals surface area contributed by atoms with Gasteiger partial charge in [-0.3, -0.25) is 9.69 Å². The van der Waals surface area contributed by atoms with Crippen molar-refractivity contribution >= 4 is 34.0 Å². The molecular weight excluding hydrogens is 366 g/mol. The fraction of sp³-hybridized carbons (Fsp3) is 0.158. The minimum absolute atomic E-state index is 0.00188. The minimum atomic E-state index is -0.508. The second kappa shape index (κ2) is 8.41. The molecule has 3 aromatic rings. The molecule has 0 spiro atoms. The zero-order valence-electron chi connectivity index (χ0n) is 14.8. The molecule has 0 atom stereocenters. The molecule has 8 heteroatoms. The maximum Gasteiger partial charge on any atom is 0.340 e. The third-order valence-electron chi connectivity index (χ3n) is 3.59. The first kappa shape index (κ1) is 18.5. The molecular formula is C19H17N3O4S. The Labute approximate surface area is 160 Å². The molecule has 0 saturated heterocycles. The van der Waals surface area contributed by atoms with Gasteiger partial charge in [-0.1, -0.05) is 18.2 Å². The van der Waals surface area contributed by atoms with Crippen LogP contribution in [0.1, 0.15) is 23.0 Å². The minimum Gasteiger partial charge on any atom is -0.481 e. The molecule has 138 valence electrons. The van der Waals surface area contributed by atoms with Crippen LogP contribution in [0.15, 0.2) is 54.0 Å². The summed E-state index contributed by atoms with van der Waals surface area (Å²) in [5.41, 5.74) is 1.61. The maximum absolute atomic E-state index is 12.1. The van der Waals surface area contributed by atoms with E-state index in [1.165, 1.54) is 36.5 Å². The molecule has 0 fully saturated rings. The summed E-state index contributed by atoms with van der Waals surface area (Å²) in [6.45, 7) is 1.48. The molecule has 0 saturated carbocycles. The Morgan fingerprint density at radius 2 is 1.93 bits per heavy atom. The van der Waals surface area contributed by atoms with E-state index in [-0.39, 0.29) is 12.5 Å². The van der Waals surface area contributed by atoms with E-state index in [1.54, 1.807) is 17.5 Å². The number of aromatic nitrogens is 2. The predicted molar refractivity (Wildman–Crippen MR) is 101 cm³/mol. The molecule has 0 unspecified atom stereocenters. The van der Waals surface area contributed by atoms with E-state index in [9.17, 15) is 9.59 Å². The van der Waals surface area contributed by atoms with Crippen molar-refractivity contribution in [1.29, 1.82) is 0 Å². The van der Waals surface area contributed by atoms with Crippen molar-refractivity contribution in [3.8, 4) is 5.88 Å². The molecule has 0 N–H and O–H groups in total. The van der Waals surface area contributed by atoms with E-state index in [0.29, 0.717) is 22.3 Å². The van der Waals surface area contributed by atoms with Gasteiger partial charge in [-0.05, 0) is 18.2 Å². The van der Waals surface area contributed by atoms with Crippen LogP contribution >= 0.6 is 11.3 Å². The molecule has 2 heterocycles. The van der Waals surface area contributed by atoms with Crippen LogP contribution in [0.25, 0.3) is 0 Å². The Kier molecular flexibility index (Phi) is 5.77. The zero-order chi connectivity index (χ0) is 19.2. The fourth-order valence-electron chi connectivity index (χ4n) is 2.31. The number of methoxy groups -OCH3 is 1. The number of carbonyl (C=O) groups is 2. The summed E-state index contributed by atoms with van der Waals surface area (Å²) in [6.07, 6.45) is 1.39. The highest BCUT2D eigenvalue weighted by atomic mass is 32.1. The lowest BCUT2D eigenvalue weighted by Gasteiger charge is -2.17. The van der Waals surface area contributed by atoms with Gasteiger partial charge in [0.15, 0.2) is 5.13 Å². The van der Waals surface area contributed by atoms with Gasteiger partial charge < -0.3 is 9.47 Å². The van der Waals surface area contributed by atoms with E-state index < -0.39 is 5.97 Å². The Balaban J connectivity index is 1.68. The summed E-state index contributed by atoms with van der Waals surface area (Å²) in [4.78, 5) is 34.0. The normalized spacial score (nSPS) is 10.3. The monoisotopic (exact) mass is 383 g/mol. The van der Waals surface area contributed by atoms with Gasteiger partial charge in [0.05, 0.1) is 24.1 Å². The third-order valence-corrected chi connectivity index (χ3v) is 4.47. The number of para-hydroxylation sites is 1. The van der Waals surface area contributed by atoms with Gasteiger partial charge in [-0.25, -0.2) is 14.8 Å². The summed E-state index contributed by atoms with van der Waals surface area (Å²) in [5.74, 6) is -0.240. The molecule has 0 radical (unpaired) electrons. The topological polar surface area (TPSA) is 81.6 Å². The standard InChI is InChI=1S/C19H17N3O4S/c1-13(23)22(16-6-4-3-5-7-16)19-21-15(12-27-19)11-26-18(24)14-8-9-17(25-2)20-10-14/h3-10,12H,11H2,1-2H3. The Morgan fingerprint density at radius 1 is 1.15 bits per heavy atom. The van der Waals surface area contributed by atoms with Crippen molar-refractivity contribution < 1.29 is 19.1 Å². The Morgan fingerprint density at radius 3 is 2.56 bits per heavy atom. The van der Waals surface area contributed by atoms with E-state index >= 15 is 0 Å². The second-order valence-electron chi connectivity index (χ2n) is 5.48. The Bertz CT molecular complexity index is 926. The van der Waals surface area contributed by atoms with Crippen molar-refractivity contribution in [2.45, 2.75) is 13.5 Å². The SMILES string of the molecule is COc1ccc(C(=O)OCc2csc(N(C(C)=O)c3ccccc3)n2)cn1. The van der Waals surface area contributed by atoms with Gasteiger partial charge in [-0.15, -0.1) is 11.3 Å². The third kappa shape index (κ3) is 4.48. The second-order valence-corrected chi connectivity index (χ2v) is 6.31. The van der Waals surface area contributed by atoms with E-state index in [4.69, 9.17) is 9.47 Å². The number of pyridine rings is 1. The molecule has 0 aliphatic carbocycles. The highest BCUT2D eigenvalue weighted by Crippen LogP contribution is 2.28. The number of esters is 1. The van der Waals surface area contributed by atoms with Crippen LogP contribution in [0.4, 0.5) is 10.8 Å². The lowest BCUT2D eigenvalue weighted by molar-refractivity contribution is -0.115. The smallest absolute Gasteiger partial charge is 0.340 e. The average molecular weight is 383 g/mol. The van der Waals surface area contributed by atoms with Crippen LogP contribution in [0.5, 0.6) is 5.88 Å². The van der Waals surface area contributed by atoms with Gasteiger partial charge >= 0.3 is 5.97 Å². The lowest BCUT2D eigenvalue weighted by Crippen LogP contribution is -2.22. The number of anilines is 2. The largest absolute Gasteiger partial charge is 0.481 e. The first-order chi connectivity index (χ1) is 13.1. The number of carbonyl (C=O) groups excluding carboxylic acids is 2. The van der Waals surface area contributed by atoms with Crippen LogP contribution in [0, 0.1) is 0 Å². The number of nitrogens with zero attached hydrogens (tertiary/aromatic N) is 3. The first-order valence-corrected chi connectivity index (χ1v) is 8.94. The van der Waals surface area contributed by atoms with Gasteiger partial charge in [0.2, 0.25) is 11.8 Å². The van der Waals surface area contributed by atoms with Crippen LogP contribution < -0.4 is 9.64 Å². The van der Waals surface area contributed by atoms with Crippen LogP contribution in [-0.2, 0) is 16.1 Å². The van der Waals surface area contributed by atoms with Crippen molar-refractivity contribution in [2.24, 2.45) is 0 Å². The summed E-state index contributed by atoms with van der Waals surface area (Å²) in [6, 6.07) is 12.4. The van der Waals surface area contributed by atoms with Crippen LogP contribution in [-0.4, -0.2) is 29.0 Å². The quantitative estimate of drug-likeness (QED) is 0.605. The molecule has 2 aromatic heterocycles. The molecule has 1 amide bonds. The predicted octanol–water partition coefficient (Wildman–Crippen LogP) is 3.59. The molecule has 27 heavy (non-hydrogen) atoms. The number of amides is 1. The number of ether oxygens (including phenoxy) is 2. The van der Waals surface area contributed by atoms with Crippen LogP contribution in [0.2, 0.25) is 0 Å². The van der Waals surface area contributed by atoms with Crippen LogP contribution in [0.3, 0.4) is 0 Å². The highest BCUT2D eigenvalue weighted by Gasteiger charge is 2.18. The zero-order valence-corrected chi connectivity index (χ0v) is 15.6. The highest BCUT2D eigenvalue weighted by molar-refractivity contribution is 7.14. The van der Waals surface area contributed by atoms with E-state index in [2.05, 4.69) is 9.97 Å². The van der Waals surface area contributed by atoms with Gasteiger partial charge in [0.25, 0.3) is 0 Å². The summed E-state index contributed by atoms with van der Waals surface area (Å²) < 4.78 is 10.2. The van der Waals surface area contributed by atoms with Gasteiger partial charge in [0.1, 0.15) is 6.61 Å². The molecule has 0 bridgehead atoms. The first-order valence-electron chi connectivity index (χ1n) is 8.06.